The molecule has 0 aliphatic heterocycles. The number of nitriles is 1. The number of carbonyl (C=O) groups is 1. The standard InChI is InChI=1S/C6H14.C3H8O.C2H3N.C2H4O2/c1-3-5-6-4-2;1-3(2)4;1-2-3;1-2(3)4/h3-6H2,1-2H3;3-4H,1-2H3;1H3;1H3,(H,3,4). The molecule has 0 aromatic heterocycles. The molecule has 0 unspecified atom stereocenters. The van der Waals surface area contributed by atoms with E-state index < -0.39 is 5.97 Å². The number of hydrogen-bond acceptors (Lipinski definition) is 3. The summed E-state index contributed by atoms with van der Waals surface area (Å²) < 4.78 is 0. The van der Waals surface area contributed by atoms with Gasteiger partial charge in [-0.2, -0.15) is 5.26 Å². The molecule has 0 heterocycles. The minimum atomic E-state index is -0.833. The van der Waals surface area contributed by atoms with E-state index in [-0.39, 0.29) is 6.10 Å². The Bertz CT molecular complexity index is 152. The molecule has 0 saturated carbocycles. The zero-order valence-electron chi connectivity index (χ0n) is 12.2. The van der Waals surface area contributed by atoms with Crippen molar-refractivity contribution in [1.82, 2.24) is 0 Å². The molecule has 0 amide bonds. The maximum atomic E-state index is 9.00. The van der Waals surface area contributed by atoms with Crippen LogP contribution in [0.15, 0.2) is 0 Å². The highest BCUT2D eigenvalue weighted by Gasteiger charge is 1.75. The van der Waals surface area contributed by atoms with Crippen molar-refractivity contribution in [1.29, 1.82) is 5.26 Å². The first-order valence-corrected chi connectivity index (χ1v) is 5.98. The summed E-state index contributed by atoms with van der Waals surface area (Å²) in [6, 6.07) is 1.75. The van der Waals surface area contributed by atoms with Crippen LogP contribution in [0, 0.1) is 11.3 Å². The average Bonchev–Trinajstić information content (AvgIpc) is 2.14. The van der Waals surface area contributed by atoms with Crippen LogP contribution in [-0.4, -0.2) is 22.3 Å². The van der Waals surface area contributed by atoms with Gasteiger partial charge in [0, 0.05) is 20.0 Å². The zero-order valence-corrected chi connectivity index (χ0v) is 12.2. The number of aliphatic hydroxyl groups excluding tert-OH is 1. The van der Waals surface area contributed by atoms with Gasteiger partial charge in [0.05, 0.1) is 6.07 Å². The summed E-state index contributed by atoms with van der Waals surface area (Å²) in [4.78, 5) is 9.00. The average molecular weight is 247 g/mol. The molecule has 0 rings (SSSR count). The second kappa shape index (κ2) is 29.4. The molecule has 0 aromatic carbocycles. The third-order valence-corrected chi connectivity index (χ3v) is 0.957. The first-order valence-electron chi connectivity index (χ1n) is 5.98. The fourth-order valence-corrected chi connectivity index (χ4v) is 0.500. The van der Waals surface area contributed by atoms with Crippen LogP contribution in [0.1, 0.15) is 67.2 Å². The van der Waals surface area contributed by atoms with Gasteiger partial charge in [-0.05, 0) is 13.8 Å². The molecule has 0 bridgehead atoms. The van der Waals surface area contributed by atoms with Crippen LogP contribution in [0.4, 0.5) is 0 Å². The molecule has 4 nitrogen and oxygen atoms in total. The van der Waals surface area contributed by atoms with E-state index in [9.17, 15) is 0 Å². The normalized spacial score (nSPS) is 7.24. The molecule has 2 N–H and O–H groups in total. The molecule has 0 spiro atoms. The van der Waals surface area contributed by atoms with E-state index in [1.165, 1.54) is 32.6 Å². The van der Waals surface area contributed by atoms with Crippen LogP contribution in [0.5, 0.6) is 0 Å². The first-order chi connectivity index (χ1) is 7.79. The Morgan fingerprint density at radius 2 is 1.35 bits per heavy atom. The second-order valence-corrected chi connectivity index (χ2v) is 3.54. The van der Waals surface area contributed by atoms with Crippen LogP contribution in [-0.2, 0) is 4.79 Å². The highest BCUT2D eigenvalue weighted by atomic mass is 16.4. The monoisotopic (exact) mass is 247 g/mol. The van der Waals surface area contributed by atoms with E-state index >= 15 is 0 Å². The number of aliphatic carboxylic acids is 1. The quantitative estimate of drug-likeness (QED) is 0.747. The number of hydrogen-bond donors (Lipinski definition) is 2. The lowest BCUT2D eigenvalue weighted by atomic mass is 10.2. The van der Waals surface area contributed by atoms with E-state index in [0.717, 1.165) is 6.92 Å². The summed E-state index contributed by atoms with van der Waals surface area (Å²) in [7, 11) is 0. The fraction of sp³-hybridized carbons (Fsp3) is 0.846. The Balaban J connectivity index is -0.0000000688. The summed E-state index contributed by atoms with van der Waals surface area (Å²) in [6.07, 6.45) is 5.37. The van der Waals surface area contributed by atoms with Crippen LogP contribution in [0.2, 0.25) is 0 Å². The predicted molar refractivity (Wildman–Crippen MR) is 71.8 cm³/mol. The van der Waals surface area contributed by atoms with Crippen LogP contribution < -0.4 is 0 Å². The molecule has 0 radical (unpaired) electrons. The molecular formula is C13H29NO3. The van der Waals surface area contributed by atoms with E-state index in [1.54, 1.807) is 19.9 Å². The zero-order chi connectivity index (χ0) is 14.7. The van der Waals surface area contributed by atoms with Gasteiger partial charge in [0.15, 0.2) is 0 Å². The third-order valence-electron chi connectivity index (χ3n) is 0.957. The van der Waals surface area contributed by atoms with Gasteiger partial charge in [0.25, 0.3) is 5.97 Å². The summed E-state index contributed by atoms with van der Waals surface area (Å²) in [5, 5.41) is 22.8. The molecule has 17 heavy (non-hydrogen) atoms. The third kappa shape index (κ3) is 676. The lowest BCUT2D eigenvalue weighted by Crippen LogP contribution is -1.85. The molecule has 0 fully saturated rings. The second-order valence-electron chi connectivity index (χ2n) is 3.54. The summed E-state index contributed by atoms with van der Waals surface area (Å²) in [5.74, 6) is -0.833. The van der Waals surface area contributed by atoms with Crippen LogP contribution >= 0.6 is 0 Å². The summed E-state index contributed by atoms with van der Waals surface area (Å²) in [5.41, 5.74) is 0. The van der Waals surface area contributed by atoms with E-state index in [1.807, 2.05) is 0 Å². The molecule has 104 valence electrons. The number of unbranched alkanes of at least 4 members (excludes halogenated alkanes) is 3. The van der Waals surface area contributed by atoms with Crippen molar-refractivity contribution >= 4 is 5.97 Å². The van der Waals surface area contributed by atoms with Crippen molar-refractivity contribution in [2.24, 2.45) is 0 Å². The van der Waals surface area contributed by atoms with Crippen molar-refractivity contribution in [3.05, 3.63) is 0 Å². The predicted octanol–water partition coefficient (Wildman–Crippen LogP) is 3.59. The smallest absolute Gasteiger partial charge is 0.300 e. The molecule has 0 aliphatic rings. The number of nitrogens with zero attached hydrogens (tertiary/aromatic N) is 1. The number of rotatable bonds is 3. The minimum absolute atomic E-state index is 0.167. The lowest BCUT2D eigenvalue weighted by molar-refractivity contribution is -0.134. The highest BCUT2D eigenvalue weighted by Crippen LogP contribution is 1.95. The van der Waals surface area contributed by atoms with Crippen molar-refractivity contribution in [3.8, 4) is 6.07 Å². The Hall–Kier alpha value is -1.08. The van der Waals surface area contributed by atoms with Crippen molar-refractivity contribution in [2.45, 2.75) is 73.3 Å². The number of carboxylic acid groups (broad SMARTS) is 1. The summed E-state index contributed by atoms with van der Waals surface area (Å²) >= 11 is 0. The Morgan fingerprint density at radius 1 is 1.24 bits per heavy atom. The van der Waals surface area contributed by atoms with Crippen molar-refractivity contribution in [2.75, 3.05) is 0 Å². The van der Waals surface area contributed by atoms with Crippen LogP contribution in [0.25, 0.3) is 0 Å². The molecule has 0 saturated heterocycles. The maximum absolute atomic E-state index is 9.00. The van der Waals surface area contributed by atoms with Gasteiger partial charge in [-0.3, -0.25) is 4.79 Å². The van der Waals surface area contributed by atoms with E-state index in [2.05, 4.69) is 13.8 Å². The fourth-order valence-electron chi connectivity index (χ4n) is 0.500. The van der Waals surface area contributed by atoms with Gasteiger partial charge in [0.1, 0.15) is 0 Å². The van der Waals surface area contributed by atoms with E-state index in [4.69, 9.17) is 20.3 Å². The van der Waals surface area contributed by atoms with Crippen LogP contribution in [0.3, 0.4) is 0 Å². The summed E-state index contributed by atoms with van der Waals surface area (Å²) in [6.45, 7) is 10.4. The molecule has 0 atom stereocenters. The largest absolute Gasteiger partial charge is 0.481 e. The van der Waals surface area contributed by atoms with Gasteiger partial charge in [-0.25, -0.2) is 0 Å². The van der Waals surface area contributed by atoms with Gasteiger partial charge < -0.3 is 10.2 Å². The van der Waals surface area contributed by atoms with Gasteiger partial charge in [-0.15, -0.1) is 0 Å². The minimum Gasteiger partial charge on any atom is -0.481 e. The van der Waals surface area contributed by atoms with Gasteiger partial charge in [-0.1, -0.05) is 39.5 Å². The number of aliphatic hydroxyl groups is 1. The SMILES string of the molecule is CC#N.CC(=O)O.CC(C)O.CCCCCC. The van der Waals surface area contributed by atoms with Gasteiger partial charge >= 0.3 is 0 Å². The molecule has 4 heteroatoms. The molecular weight excluding hydrogens is 218 g/mol. The Labute approximate surface area is 106 Å². The van der Waals surface area contributed by atoms with Gasteiger partial charge in [0.2, 0.25) is 0 Å². The van der Waals surface area contributed by atoms with Crippen molar-refractivity contribution in [3.63, 3.8) is 0 Å². The molecule has 0 aliphatic carbocycles. The van der Waals surface area contributed by atoms with E-state index in [0.29, 0.717) is 0 Å². The number of carboxylic acids is 1. The Kier molecular flexibility index (Phi) is 43.1. The topological polar surface area (TPSA) is 81.3 Å². The maximum Gasteiger partial charge on any atom is 0.300 e. The highest BCUT2D eigenvalue weighted by molar-refractivity contribution is 5.62. The Morgan fingerprint density at radius 3 is 1.41 bits per heavy atom. The lowest BCUT2D eigenvalue weighted by Gasteiger charge is -1.86. The van der Waals surface area contributed by atoms with Crippen molar-refractivity contribution < 1.29 is 15.0 Å². The first kappa shape index (κ1) is 24.9. The molecule has 0 aromatic rings.